The van der Waals surface area contributed by atoms with Gasteiger partial charge in [0.2, 0.25) is 0 Å². The first-order valence-corrected chi connectivity index (χ1v) is 6.95. The van der Waals surface area contributed by atoms with Gasteiger partial charge in [-0.25, -0.2) is 0 Å². The molecule has 19 heavy (non-hydrogen) atoms. The second-order valence-corrected chi connectivity index (χ2v) is 4.90. The molecule has 0 fully saturated rings. The molecule has 3 heteroatoms. The van der Waals surface area contributed by atoms with Crippen molar-refractivity contribution in [3.05, 3.63) is 29.8 Å². The van der Waals surface area contributed by atoms with Gasteiger partial charge >= 0.3 is 0 Å². The zero-order chi connectivity index (χ0) is 14.4. The lowest BCUT2D eigenvalue weighted by atomic mass is 10.0. The summed E-state index contributed by atoms with van der Waals surface area (Å²) in [7, 11) is 3.66. The lowest BCUT2D eigenvalue weighted by molar-refractivity contribution is 0.0808. The third kappa shape index (κ3) is 3.80. The second-order valence-electron chi connectivity index (χ2n) is 4.90. The summed E-state index contributed by atoms with van der Waals surface area (Å²) >= 11 is 0. The number of hydrogen-bond acceptors (Lipinski definition) is 3. The molecular weight excluding hydrogens is 238 g/mol. The maximum Gasteiger partial charge on any atom is 0.179 e. The molecule has 0 spiro atoms. The molecule has 0 aliphatic carbocycles. The van der Waals surface area contributed by atoms with Gasteiger partial charge in [-0.1, -0.05) is 13.8 Å². The topological polar surface area (TPSA) is 29.5 Å². The molecule has 1 unspecified atom stereocenters. The molecule has 0 saturated carbocycles. The molecule has 0 bridgehead atoms. The summed E-state index contributed by atoms with van der Waals surface area (Å²) in [5, 5.41) is 0. The van der Waals surface area contributed by atoms with Gasteiger partial charge in [-0.3, -0.25) is 9.69 Å². The molecule has 0 aromatic heterocycles. The molecule has 0 amide bonds. The number of methoxy groups -OCH3 is 1. The Labute approximate surface area is 116 Å². The van der Waals surface area contributed by atoms with Crippen molar-refractivity contribution in [2.75, 3.05) is 14.2 Å². The second kappa shape index (κ2) is 7.29. The average molecular weight is 263 g/mol. The first kappa shape index (κ1) is 15.7. The first-order valence-electron chi connectivity index (χ1n) is 6.95. The normalized spacial score (nSPS) is 12.8. The largest absolute Gasteiger partial charge is 0.497 e. The molecule has 3 nitrogen and oxygen atoms in total. The van der Waals surface area contributed by atoms with Crippen molar-refractivity contribution in [1.29, 1.82) is 0 Å². The van der Waals surface area contributed by atoms with E-state index in [1.54, 1.807) is 7.11 Å². The van der Waals surface area contributed by atoms with E-state index in [9.17, 15) is 4.79 Å². The minimum absolute atomic E-state index is 0.0988. The number of likely N-dealkylation sites (N-methyl/N-ethyl adjacent to an activating group) is 1. The van der Waals surface area contributed by atoms with E-state index < -0.39 is 0 Å². The molecule has 1 aromatic carbocycles. The summed E-state index contributed by atoms with van der Waals surface area (Å²) in [6.45, 7) is 6.30. The minimum Gasteiger partial charge on any atom is -0.497 e. The highest BCUT2D eigenvalue weighted by Crippen LogP contribution is 2.17. The highest BCUT2D eigenvalue weighted by atomic mass is 16.5. The Balaban J connectivity index is 2.80. The highest BCUT2D eigenvalue weighted by Gasteiger charge is 2.23. The van der Waals surface area contributed by atoms with Gasteiger partial charge in [0.25, 0.3) is 0 Å². The van der Waals surface area contributed by atoms with Gasteiger partial charge in [-0.15, -0.1) is 0 Å². The third-order valence-electron chi connectivity index (χ3n) is 3.88. The van der Waals surface area contributed by atoms with Gasteiger partial charge in [0.05, 0.1) is 13.2 Å². The molecule has 1 atom stereocenters. The summed E-state index contributed by atoms with van der Waals surface area (Å²) in [6.07, 6.45) is 2.13. The SMILES string of the molecule is CCC(CC)N(C)C(C)C(=O)c1ccc(OC)cc1. The number of carbonyl (C=O) groups is 1. The smallest absolute Gasteiger partial charge is 0.179 e. The van der Waals surface area contributed by atoms with Crippen molar-refractivity contribution >= 4 is 5.78 Å². The van der Waals surface area contributed by atoms with Crippen LogP contribution in [0, 0.1) is 0 Å². The molecule has 0 saturated heterocycles. The Morgan fingerprint density at radius 1 is 1.21 bits per heavy atom. The Bertz CT molecular complexity index is 396. The van der Waals surface area contributed by atoms with Crippen LogP contribution >= 0.6 is 0 Å². The Morgan fingerprint density at radius 2 is 1.74 bits per heavy atom. The van der Waals surface area contributed by atoms with Gasteiger partial charge in [0.1, 0.15) is 5.75 Å². The van der Waals surface area contributed by atoms with E-state index in [4.69, 9.17) is 4.74 Å². The van der Waals surface area contributed by atoms with Crippen LogP contribution in [0.5, 0.6) is 5.75 Å². The maximum atomic E-state index is 12.4. The number of benzene rings is 1. The number of rotatable bonds is 7. The van der Waals surface area contributed by atoms with E-state index in [-0.39, 0.29) is 11.8 Å². The van der Waals surface area contributed by atoms with Crippen LogP contribution in [-0.2, 0) is 0 Å². The number of ketones is 1. The lowest BCUT2D eigenvalue weighted by Crippen LogP contribution is -2.42. The molecule has 0 aliphatic rings. The fraction of sp³-hybridized carbons (Fsp3) is 0.562. The van der Waals surface area contributed by atoms with Crippen LogP contribution in [0.1, 0.15) is 44.0 Å². The van der Waals surface area contributed by atoms with E-state index in [2.05, 4.69) is 18.7 Å². The number of nitrogens with zero attached hydrogens (tertiary/aromatic N) is 1. The standard InChI is InChI=1S/C16H25NO2/c1-6-14(7-2)17(4)12(3)16(18)13-8-10-15(19-5)11-9-13/h8-12,14H,6-7H2,1-5H3. The lowest BCUT2D eigenvalue weighted by Gasteiger charge is -2.31. The van der Waals surface area contributed by atoms with Crippen molar-refractivity contribution in [1.82, 2.24) is 4.90 Å². The number of ether oxygens (including phenoxy) is 1. The summed E-state index contributed by atoms with van der Waals surface area (Å²) in [5.74, 6) is 0.939. The summed E-state index contributed by atoms with van der Waals surface area (Å²) in [6, 6.07) is 7.68. The molecule has 0 radical (unpaired) electrons. The molecule has 0 aliphatic heterocycles. The molecule has 1 aromatic rings. The van der Waals surface area contributed by atoms with Crippen LogP contribution in [-0.4, -0.2) is 36.9 Å². The van der Waals surface area contributed by atoms with Crippen LogP contribution in [0.3, 0.4) is 0 Å². The van der Waals surface area contributed by atoms with Crippen molar-refractivity contribution in [3.63, 3.8) is 0 Å². The fourth-order valence-corrected chi connectivity index (χ4v) is 2.36. The van der Waals surface area contributed by atoms with Crippen molar-refractivity contribution in [2.24, 2.45) is 0 Å². The van der Waals surface area contributed by atoms with E-state index in [1.165, 1.54) is 0 Å². The van der Waals surface area contributed by atoms with Crippen molar-refractivity contribution < 1.29 is 9.53 Å². The predicted molar refractivity (Wildman–Crippen MR) is 78.9 cm³/mol. The molecule has 0 N–H and O–H groups in total. The predicted octanol–water partition coefficient (Wildman–Crippen LogP) is 3.39. The van der Waals surface area contributed by atoms with Gasteiger partial charge in [-0.2, -0.15) is 0 Å². The van der Waals surface area contributed by atoms with Gasteiger partial charge in [0, 0.05) is 11.6 Å². The van der Waals surface area contributed by atoms with Crippen molar-refractivity contribution in [2.45, 2.75) is 45.7 Å². The molecule has 0 heterocycles. The minimum atomic E-state index is -0.0988. The Morgan fingerprint density at radius 3 is 2.16 bits per heavy atom. The van der Waals surface area contributed by atoms with Crippen LogP contribution in [0.15, 0.2) is 24.3 Å². The molecule has 106 valence electrons. The number of hydrogen-bond donors (Lipinski definition) is 0. The van der Waals surface area contributed by atoms with E-state index in [0.29, 0.717) is 6.04 Å². The average Bonchev–Trinajstić information content (AvgIpc) is 2.47. The van der Waals surface area contributed by atoms with E-state index >= 15 is 0 Å². The number of Topliss-reactive ketones (excluding diaryl/α,β-unsaturated/α-hetero) is 1. The van der Waals surface area contributed by atoms with Gasteiger partial charge in [0.15, 0.2) is 5.78 Å². The van der Waals surface area contributed by atoms with Crippen LogP contribution in [0.25, 0.3) is 0 Å². The molecular formula is C16H25NO2. The quantitative estimate of drug-likeness (QED) is 0.706. The fourth-order valence-electron chi connectivity index (χ4n) is 2.36. The zero-order valence-electron chi connectivity index (χ0n) is 12.6. The van der Waals surface area contributed by atoms with E-state index in [0.717, 1.165) is 24.2 Å². The number of carbonyl (C=O) groups excluding carboxylic acids is 1. The van der Waals surface area contributed by atoms with Crippen LogP contribution in [0.2, 0.25) is 0 Å². The Kier molecular flexibility index (Phi) is 6.03. The van der Waals surface area contributed by atoms with E-state index in [1.807, 2.05) is 38.2 Å². The van der Waals surface area contributed by atoms with Gasteiger partial charge < -0.3 is 4.74 Å². The molecule has 1 rings (SSSR count). The van der Waals surface area contributed by atoms with Crippen molar-refractivity contribution in [3.8, 4) is 5.75 Å². The first-order chi connectivity index (χ1) is 9.04. The third-order valence-corrected chi connectivity index (χ3v) is 3.88. The maximum absolute atomic E-state index is 12.4. The van der Waals surface area contributed by atoms with Crippen LogP contribution < -0.4 is 4.74 Å². The van der Waals surface area contributed by atoms with Gasteiger partial charge in [-0.05, 0) is 51.1 Å². The highest BCUT2D eigenvalue weighted by molar-refractivity contribution is 5.99. The van der Waals surface area contributed by atoms with Crippen LogP contribution in [0.4, 0.5) is 0 Å². The summed E-state index contributed by atoms with van der Waals surface area (Å²) < 4.78 is 5.11. The monoisotopic (exact) mass is 263 g/mol. The summed E-state index contributed by atoms with van der Waals surface area (Å²) in [5.41, 5.74) is 0.742. The zero-order valence-corrected chi connectivity index (χ0v) is 12.6. The summed E-state index contributed by atoms with van der Waals surface area (Å²) in [4.78, 5) is 14.6. The Hall–Kier alpha value is -1.35.